The topological polar surface area (TPSA) is 115 Å². The van der Waals surface area contributed by atoms with Gasteiger partial charge in [-0.05, 0) is 63.3 Å². The fraction of sp³-hybridized carbons (Fsp3) is 0.895. The van der Waals surface area contributed by atoms with E-state index in [1.807, 2.05) is 0 Å². The van der Waals surface area contributed by atoms with Crippen LogP contribution in [0.25, 0.3) is 0 Å². The highest BCUT2D eigenvalue weighted by atomic mass is 16.5. The van der Waals surface area contributed by atoms with E-state index in [-0.39, 0.29) is 18.1 Å². The van der Waals surface area contributed by atoms with Crippen molar-refractivity contribution in [3.8, 4) is 0 Å². The number of ether oxygens (including phenoxy) is 1. The third kappa shape index (κ3) is 7.70. The van der Waals surface area contributed by atoms with Crippen LogP contribution in [0.4, 0.5) is 0 Å². The van der Waals surface area contributed by atoms with Gasteiger partial charge in [-0.2, -0.15) is 5.10 Å². The van der Waals surface area contributed by atoms with Crippen LogP contribution in [-0.4, -0.2) is 38.3 Å². The summed E-state index contributed by atoms with van der Waals surface area (Å²) >= 11 is 0. The molecule has 0 aromatic carbocycles. The lowest BCUT2D eigenvalue weighted by Crippen LogP contribution is -2.49. The summed E-state index contributed by atoms with van der Waals surface area (Å²) in [5.41, 5.74) is 7.95. The summed E-state index contributed by atoms with van der Waals surface area (Å²) in [5.74, 6) is 6.89. The van der Waals surface area contributed by atoms with E-state index in [4.69, 9.17) is 16.3 Å². The Morgan fingerprint density at radius 1 is 1.19 bits per heavy atom. The lowest BCUT2D eigenvalue weighted by molar-refractivity contribution is -0.154. The second-order valence-corrected chi connectivity index (χ2v) is 8.15. The van der Waals surface area contributed by atoms with E-state index in [1.54, 1.807) is 0 Å². The zero-order valence-electron chi connectivity index (χ0n) is 16.9. The zero-order chi connectivity index (χ0) is 19.5. The molecule has 1 saturated heterocycles. The molecule has 0 amide bonds. The molecule has 8 heteroatoms. The predicted molar refractivity (Wildman–Crippen MR) is 112 cm³/mol. The maximum atomic E-state index is 12.5. The first kappa shape index (κ1) is 22.0. The second kappa shape index (κ2) is 12.2. The molecule has 0 aromatic heterocycles. The number of rotatable bonds is 10. The van der Waals surface area contributed by atoms with Gasteiger partial charge in [-0.1, -0.05) is 25.6 Å². The van der Waals surface area contributed by atoms with Gasteiger partial charge in [-0.15, -0.1) is 0 Å². The van der Waals surface area contributed by atoms with Crippen molar-refractivity contribution in [1.29, 1.82) is 0 Å². The fourth-order valence-electron chi connectivity index (χ4n) is 4.51. The van der Waals surface area contributed by atoms with Crippen molar-refractivity contribution in [2.75, 3.05) is 6.54 Å². The number of nitrogens with zero attached hydrogens (tertiary/aromatic N) is 1. The largest absolute Gasteiger partial charge is 0.461 e. The number of carbonyl (C=O) groups excluding carboxylic acids is 1. The van der Waals surface area contributed by atoms with Gasteiger partial charge < -0.3 is 15.8 Å². The summed E-state index contributed by atoms with van der Waals surface area (Å²) in [6, 6.07) is -0.118. The molecule has 0 spiro atoms. The van der Waals surface area contributed by atoms with E-state index in [0.717, 1.165) is 51.4 Å². The van der Waals surface area contributed by atoms with Gasteiger partial charge in [0.2, 0.25) is 0 Å². The van der Waals surface area contributed by atoms with E-state index in [0.29, 0.717) is 17.7 Å². The average Bonchev–Trinajstić information content (AvgIpc) is 2.68. The molecule has 6 N–H and O–H groups in total. The molecule has 2 fully saturated rings. The number of amidine groups is 1. The molecule has 27 heavy (non-hydrogen) atoms. The molecule has 0 bridgehead atoms. The highest BCUT2D eigenvalue weighted by molar-refractivity contribution is 6.08. The number of nitrogens with two attached hydrogens (primary N) is 2. The summed E-state index contributed by atoms with van der Waals surface area (Å²) in [4.78, 5) is 12.5. The van der Waals surface area contributed by atoms with Crippen LogP contribution in [0.3, 0.4) is 0 Å². The Morgan fingerprint density at radius 2 is 1.96 bits per heavy atom. The molecule has 7 nitrogen and oxygen atoms in total. The normalized spacial score (nSPS) is 27.3. The molecule has 3 unspecified atom stereocenters. The maximum absolute atomic E-state index is 12.5. The van der Waals surface area contributed by atoms with Crippen LogP contribution in [-0.2, 0) is 9.53 Å². The SMILES string of the molecule is BCC1CC(C(=O)OC2CCCCC2)NCC1CCCCC/C(N)=N/NN. The van der Waals surface area contributed by atoms with Gasteiger partial charge in [0.15, 0.2) is 0 Å². The van der Waals surface area contributed by atoms with Gasteiger partial charge in [0.25, 0.3) is 0 Å². The monoisotopic (exact) mass is 379 g/mol. The van der Waals surface area contributed by atoms with E-state index >= 15 is 0 Å². The molecule has 1 aliphatic carbocycles. The van der Waals surface area contributed by atoms with Gasteiger partial charge in [-0.3, -0.25) is 4.79 Å². The quantitative estimate of drug-likeness (QED) is 0.0862. The summed E-state index contributed by atoms with van der Waals surface area (Å²) in [6.45, 7) is 0.920. The van der Waals surface area contributed by atoms with Crippen molar-refractivity contribution in [2.24, 2.45) is 28.5 Å². The van der Waals surface area contributed by atoms with Crippen LogP contribution in [0.2, 0.25) is 6.32 Å². The third-order valence-corrected chi connectivity index (χ3v) is 6.19. The molecule has 2 rings (SSSR count). The first-order valence-electron chi connectivity index (χ1n) is 10.9. The average molecular weight is 379 g/mol. The first-order chi connectivity index (χ1) is 13.1. The van der Waals surface area contributed by atoms with Crippen molar-refractivity contribution in [2.45, 2.75) is 89.1 Å². The summed E-state index contributed by atoms with van der Waals surface area (Å²) < 4.78 is 5.78. The van der Waals surface area contributed by atoms with Crippen LogP contribution >= 0.6 is 0 Å². The standard InChI is InChI=1S/C19H38BN5O2/c20-12-15-11-17(19(26)27-16-8-4-2-5-9-16)23-13-14(15)7-3-1-6-10-18(21)24-25-22/h14-17,23,25H,1-13,20,22H2,(H2,21,24). The van der Waals surface area contributed by atoms with Gasteiger partial charge in [0, 0.05) is 6.42 Å². The third-order valence-electron chi connectivity index (χ3n) is 6.19. The molecule has 1 saturated carbocycles. The van der Waals surface area contributed by atoms with Gasteiger partial charge in [0.05, 0.1) is 0 Å². The van der Waals surface area contributed by atoms with E-state index in [1.165, 1.54) is 32.1 Å². The van der Waals surface area contributed by atoms with Crippen molar-refractivity contribution >= 4 is 19.7 Å². The van der Waals surface area contributed by atoms with Crippen LogP contribution in [0.5, 0.6) is 0 Å². The molecule has 1 heterocycles. The molecule has 154 valence electrons. The Kier molecular flexibility index (Phi) is 9.98. The molecule has 1 aliphatic heterocycles. The number of hydrazine groups is 1. The van der Waals surface area contributed by atoms with Crippen molar-refractivity contribution < 1.29 is 9.53 Å². The Labute approximate surface area is 164 Å². The van der Waals surface area contributed by atoms with Crippen molar-refractivity contribution in [1.82, 2.24) is 10.9 Å². The molecular weight excluding hydrogens is 341 g/mol. The van der Waals surface area contributed by atoms with E-state index in [2.05, 4.69) is 23.8 Å². The number of hydrazone groups is 1. The van der Waals surface area contributed by atoms with Crippen LogP contribution < -0.4 is 22.4 Å². The lowest BCUT2D eigenvalue weighted by atomic mass is 9.73. The number of unbranched alkanes of at least 4 members (excludes halogenated alkanes) is 2. The Hall–Kier alpha value is -1.28. The lowest BCUT2D eigenvalue weighted by Gasteiger charge is -2.36. The van der Waals surface area contributed by atoms with Gasteiger partial charge in [0.1, 0.15) is 25.8 Å². The summed E-state index contributed by atoms with van der Waals surface area (Å²) in [5, 5.41) is 7.24. The highest BCUT2D eigenvalue weighted by Gasteiger charge is 2.34. The molecule has 3 atom stereocenters. The molecule has 0 aromatic rings. The van der Waals surface area contributed by atoms with Gasteiger partial charge in [-0.25, -0.2) is 11.4 Å². The van der Waals surface area contributed by atoms with Crippen LogP contribution in [0.15, 0.2) is 5.10 Å². The van der Waals surface area contributed by atoms with Crippen molar-refractivity contribution in [3.05, 3.63) is 0 Å². The summed E-state index contributed by atoms with van der Waals surface area (Å²) in [6.07, 6.45) is 13.2. The van der Waals surface area contributed by atoms with E-state index < -0.39 is 0 Å². The number of carbonyl (C=O) groups is 1. The number of nitrogens with one attached hydrogen (secondary N) is 2. The zero-order valence-corrected chi connectivity index (χ0v) is 16.9. The number of esters is 1. The van der Waals surface area contributed by atoms with Gasteiger partial charge >= 0.3 is 5.97 Å². The molecular formula is C19H38BN5O2. The first-order valence-corrected chi connectivity index (χ1v) is 10.9. The minimum atomic E-state index is -0.118. The van der Waals surface area contributed by atoms with Crippen LogP contribution in [0.1, 0.15) is 70.6 Å². The Bertz CT molecular complexity index is 471. The molecule has 2 aliphatic rings. The number of hydrogen-bond acceptors (Lipinski definition) is 6. The summed E-state index contributed by atoms with van der Waals surface area (Å²) in [7, 11) is 2.24. The Morgan fingerprint density at radius 3 is 2.67 bits per heavy atom. The number of hydrogen-bond donors (Lipinski definition) is 4. The second-order valence-electron chi connectivity index (χ2n) is 8.15. The minimum Gasteiger partial charge on any atom is -0.461 e. The fourth-order valence-corrected chi connectivity index (χ4v) is 4.51. The van der Waals surface area contributed by atoms with Crippen LogP contribution in [0, 0.1) is 11.8 Å². The van der Waals surface area contributed by atoms with E-state index in [9.17, 15) is 4.79 Å². The maximum Gasteiger partial charge on any atom is 0.323 e. The predicted octanol–water partition coefficient (Wildman–Crippen LogP) is 1.19. The minimum absolute atomic E-state index is 0.0259. The number of piperidine rings is 1. The Balaban J connectivity index is 1.67. The molecule has 0 radical (unpaired) electrons. The van der Waals surface area contributed by atoms with Crippen molar-refractivity contribution in [3.63, 3.8) is 0 Å². The highest BCUT2D eigenvalue weighted by Crippen LogP contribution is 2.30. The smallest absolute Gasteiger partial charge is 0.323 e.